The topological polar surface area (TPSA) is 29.3 Å². The van der Waals surface area contributed by atoms with Gasteiger partial charge in [0.15, 0.2) is 0 Å². The molecule has 1 aliphatic heterocycles. The first kappa shape index (κ1) is 12.4. The van der Waals surface area contributed by atoms with E-state index in [1.807, 2.05) is 0 Å². The molecule has 2 aliphatic rings. The van der Waals surface area contributed by atoms with Crippen molar-refractivity contribution >= 4 is 0 Å². The van der Waals surface area contributed by atoms with Crippen LogP contribution in [0.2, 0.25) is 0 Å². The summed E-state index contributed by atoms with van der Waals surface area (Å²) in [5.74, 6) is 1.80. The molecule has 0 radical (unpaired) electrons. The van der Waals surface area contributed by atoms with Gasteiger partial charge in [0.1, 0.15) is 0 Å². The maximum absolute atomic E-state index is 5.65. The number of likely N-dealkylation sites (tertiary alicyclic amines) is 1. The lowest BCUT2D eigenvalue weighted by Gasteiger charge is -2.45. The molecule has 3 unspecified atom stereocenters. The fourth-order valence-electron chi connectivity index (χ4n) is 3.73. The van der Waals surface area contributed by atoms with Gasteiger partial charge in [0.2, 0.25) is 0 Å². The molecule has 2 N–H and O–H groups in total. The zero-order valence-corrected chi connectivity index (χ0v) is 10.8. The molecule has 1 saturated heterocycles. The molecule has 0 aromatic carbocycles. The molecule has 0 aromatic heterocycles. The number of nitrogens with zero attached hydrogens (tertiary/aromatic N) is 1. The normalized spacial score (nSPS) is 33.4. The van der Waals surface area contributed by atoms with Crippen LogP contribution in [0.1, 0.15) is 51.9 Å². The van der Waals surface area contributed by atoms with Crippen LogP contribution < -0.4 is 5.73 Å². The van der Waals surface area contributed by atoms with Gasteiger partial charge in [0.05, 0.1) is 0 Å². The van der Waals surface area contributed by atoms with Crippen molar-refractivity contribution in [1.29, 1.82) is 0 Å². The zero-order chi connectivity index (χ0) is 11.4. The third kappa shape index (κ3) is 2.98. The third-order valence-electron chi connectivity index (χ3n) is 4.56. The van der Waals surface area contributed by atoms with Crippen LogP contribution in [0, 0.1) is 11.8 Å². The van der Waals surface area contributed by atoms with E-state index in [0.29, 0.717) is 0 Å². The van der Waals surface area contributed by atoms with Gasteiger partial charge < -0.3 is 5.73 Å². The minimum absolute atomic E-state index is 0.783. The van der Waals surface area contributed by atoms with E-state index in [2.05, 4.69) is 11.8 Å². The summed E-state index contributed by atoms with van der Waals surface area (Å²) in [5.41, 5.74) is 5.65. The van der Waals surface area contributed by atoms with Crippen LogP contribution >= 0.6 is 0 Å². The summed E-state index contributed by atoms with van der Waals surface area (Å²) in [6.07, 6.45) is 10.00. The summed E-state index contributed by atoms with van der Waals surface area (Å²) < 4.78 is 0. The Hall–Kier alpha value is -0.0800. The lowest BCUT2D eigenvalue weighted by Crippen LogP contribution is -2.48. The van der Waals surface area contributed by atoms with E-state index in [4.69, 9.17) is 5.73 Å². The van der Waals surface area contributed by atoms with Crippen molar-refractivity contribution in [3.8, 4) is 0 Å². The first-order valence-electron chi connectivity index (χ1n) is 7.25. The van der Waals surface area contributed by atoms with Gasteiger partial charge in [-0.3, -0.25) is 4.90 Å². The highest BCUT2D eigenvalue weighted by molar-refractivity contribution is 4.87. The van der Waals surface area contributed by atoms with Crippen molar-refractivity contribution in [1.82, 2.24) is 4.90 Å². The molecule has 0 amide bonds. The number of rotatable bonds is 4. The van der Waals surface area contributed by atoms with Crippen molar-refractivity contribution in [3.05, 3.63) is 0 Å². The SMILES string of the molecule is CC(CCN)CN1CCCC2CCCCC21. The Labute approximate surface area is 101 Å². The number of hydrogen-bond donors (Lipinski definition) is 1. The van der Waals surface area contributed by atoms with E-state index < -0.39 is 0 Å². The van der Waals surface area contributed by atoms with Crippen LogP contribution in [-0.2, 0) is 0 Å². The van der Waals surface area contributed by atoms with Crippen LogP contribution in [-0.4, -0.2) is 30.6 Å². The summed E-state index contributed by atoms with van der Waals surface area (Å²) in [5, 5.41) is 0. The Morgan fingerprint density at radius 2 is 1.94 bits per heavy atom. The third-order valence-corrected chi connectivity index (χ3v) is 4.56. The number of nitrogens with two attached hydrogens (primary N) is 1. The molecule has 0 bridgehead atoms. The molecular formula is C14H28N2. The van der Waals surface area contributed by atoms with E-state index >= 15 is 0 Å². The maximum Gasteiger partial charge on any atom is 0.0124 e. The lowest BCUT2D eigenvalue weighted by atomic mass is 9.78. The standard InChI is InChI=1S/C14H28N2/c1-12(8-9-15)11-16-10-4-6-13-5-2-3-7-14(13)16/h12-14H,2-11,15H2,1H3. The smallest absolute Gasteiger partial charge is 0.0124 e. The molecule has 1 saturated carbocycles. The number of hydrogen-bond acceptors (Lipinski definition) is 2. The van der Waals surface area contributed by atoms with E-state index in [0.717, 1.165) is 24.4 Å². The highest BCUT2D eigenvalue weighted by Gasteiger charge is 2.33. The Morgan fingerprint density at radius 3 is 2.75 bits per heavy atom. The fourth-order valence-corrected chi connectivity index (χ4v) is 3.73. The van der Waals surface area contributed by atoms with E-state index in [9.17, 15) is 0 Å². The average molecular weight is 224 g/mol. The lowest BCUT2D eigenvalue weighted by molar-refractivity contribution is 0.0493. The average Bonchev–Trinajstić information content (AvgIpc) is 2.30. The molecule has 1 aliphatic carbocycles. The van der Waals surface area contributed by atoms with Gasteiger partial charge in [-0.2, -0.15) is 0 Å². The van der Waals surface area contributed by atoms with Crippen molar-refractivity contribution in [2.45, 2.75) is 57.9 Å². The quantitative estimate of drug-likeness (QED) is 0.795. The van der Waals surface area contributed by atoms with Gasteiger partial charge in [-0.25, -0.2) is 0 Å². The predicted molar refractivity (Wildman–Crippen MR) is 69.4 cm³/mol. The number of fused-ring (bicyclic) bond motifs is 1. The Kier molecular flexibility index (Phi) is 4.66. The van der Waals surface area contributed by atoms with Crippen LogP contribution in [0.25, 0.3) is 0 Å². The summed E-state index contributed by atoms with van der Waals surface area (Å²) in [7, 11) is 0. The molecule has 2 nitrogen and oxygen atoms in total. The van der Waals surface area contributed by atoms with Crippen LogP contribution in [0.5, 0.6) is 0 Å². The molecule has 16 heavy (non-hydrogen) atoms. The van der Waals surface area contributed by atoms with Gasteiger partial charge in [-0.05, 0) is 57.0 Å². The van der Waals surface area contributed by atoms with Gasteiger partial charge in [0.25, 0.3) is 0 Å². The Morgan fingerprint density at radius 1 is 1.19 bits per heavy atom. The largest absolute Gasteiger partial charge is 0.330 e. The van der Waals surface area contributed by atoms with Crippen molar-refractivity contribution in [2.24, 2.45) is 17.6 Å². The summed E-state index contributed by atoms with van der Waals surface area (Å²) in [6, 6.07) is 0.919. The van der Waals surface area contributed by atoms with Gasteiger partial charge in [-0.1, -0.05) is 19.8 Å². The molecule has 94 valence electrons. The van der Waals surface area contributed by atoms with Crippen molar-refractivity contribution in [3.63, 3.8) is 0 Å². The second kappa shape index (κ2) is 6.02. The molecule has 3 atom stereocenters. The van der Waals surface area contributed by atoms with Crippen LogP contribution in [0.3, 0.4) is 0 Å². The minimum atomic E-state index is 0.783. The molecule has 0 spiro atoms. The monoisotopic (exact) mass is 224 g/mol. The maximum atomic E-state index is 5.65. The molecule has 1 heterocycles. The van der Waals surface area contributed by atoms with Gasteiger partial charge >= 0.3 is 0 Å². The second-order valence-corrected chi connectivity index (χ2v) is 5.93. The first-order valence-corrected chi connectivity index (χ1v) is 7.25. The minimum Gasteiger partial charge on any atom is -0.330 e. The molecule has 2 fully saturated rings. The summed E-state index contributed by atoms with van der Waals surface area (Å²) >= 11 is 0. The predicted octanol–water partition coefficient (Wildman–Crippen LogP) is 2.63. The highest BCUT2D eigenvalue weighted by atomic mass is 15.2. The van der Waals surface area contributed by atoms with Gasteiger partial charge in [0, 0.05) is 12.6 Å². The first-order chi connectivity index (χ1) is 7.81. The Balaban J connectivity index is 1.87. The molecular weight excluding hydrogens is 196 g/mol. The van der Waals surface area contributed by atoms with Crippen LogP contribution in [0.4, 0.5) is 0 Å². The van der Waals surface area contributed by atoms with Gasteiger partial charge in [-0.15, -0.1) is 0 Å². The van der Waals surface area contributed by atoms with Crippen molar-refractivity contribution < 1.29 is 0 Å². The number of piperidine rings is 1. The fraction of sp³-hybridized carbons (Fsp3) is 1.00. The van der Waals surface area contributed by atoms with E-state index in [1.165, 1.54) is 58.0 Å². The second-order valence-electron chi connectivity index (χ2n) is 5.93. The van der Waals surface area contributed by atoms with E-state index in [-0.39, 0.29) is 0 Å². The zero-order valence-electron chi connectivity index (χ0n) is 10.8. The van der Waals surface area contributed by atoms with Crippen molar-refractivity contribution in [2.75, 3.05) is 19.6 Å². The highest BCUT2D eigenvalue weighted by Crippen LogP contribution is 2.35. The molecule has 0 aromatic rings. The van der Waals surface area contributed by atoms with E-state index in [1.54, 1.807) is 0 Å². The molecule has 2 rings (SSSR count). The summed E-state index contributed by atoms with van der Waals surface area (Å²) in [6.45, 7) is 5.84. The summed E-state index contributed by atoms with van der Waals surface area (Å²) in [4.78, 5) is 2.79. The Bertz CT molecular complexity index is 203. The van der Waals surface area contributed by atoms with Crippen LogP contribution in [0.15, 0.2) is 0 Å². The molecule has 2 heteroatoms.